The molecular formula is C13H14ClN3O. The molecule has 5 heteroatoms. The monoisotopic (exact) mass is 263 g/mol. The number of benzene rings is 1. The predicted octanol–water partition coefficient (Wildman–Crippen LogP) is 1.96. The first kappa shape index (κ1) is 12.6. The zero-order valence-electron chi connectivity index (χ0n) is 9.82. The molecule has 0 saturated heterocycles. The van der Waals surface area contributed by atoms with Crippen LogP contribution in [0.4, 0.5) is 0 Å². The molecule has 2 N–H and O–H groups in total. The van der Waals surface area contributed by atoms with Crippen LogP contribution in [0, 0.1) is 0 Å². The summed E-state index contributed by atoms with van der Waals surface area (Å²) in [4.78, 5) is 18.7. The van der Waals surface area contributed by atoms with Crippen molar-refractivity contribution in [3.8, 4) is 0 Å². The van der Waals surface area contributed by atoms with Crippen molar-refractivity contribution in [1.29, 1.82) is 0 Å². The second-order valence-electron chi connectivity index (χ2n) is 3.94. The maximum atomic E-state index is 11.7. The van der Waals surface area contributed by atoms with E-state index in [1.807, 2.05) is 12.1 Å². The molecule has 1 heterocycles. The van der Waals surface area contributed by atoms with E-state index in [2.05, 4.69) is 15.3 Å². The molecule has 0 spiro atoms. The maximum absolute atomic E-state index is 11.7. The van der Waals surface area contributed by atoms with E-state index < -0.39 is 0 Å². The molecule has 2 aromatic rings. The third-order valence-corrected chi connectivity index (χ3v) is 2.77. The molecule has 0 aliphatic carbocycles. The zero-order valence-corrected chi connectivity index (χ0v) is 10.6. The molecule has 0 aliphatic heterocycles. The molecule has 4 nitrogen and oxygen atoms in total. The molecule has 94 valence electrons. The largest absolute Gasteiger partial charge is 0.355 e. The maximum Gasteiger partial charge on any atom is 0.224 e. The Hall–Kier alpha value is -1.81. The average molecular weight is 264 g/mol. The molecule has 1 aromatic carbocycles. The Labute approximate surface area is 110 Å². The number of H-pyrrole nitrogens is 1. The summed E-state index contributed by atoms with van der Waals surface area (Å²) >= 11 is 5.78. The lowest BCUT2D eigenvalue weighted by atomic mass is 10.1. The minimum atomic E-state index is 0.00359. The van der Waals surface area contributed by atoms with Gasteiger partial charge in [0.15, 0.2) is 0 Å². The van der Waals surface area contributed by atoms with Crippen LogP contribution >= 0.6 is 11.6 Å². The van der Waals surface area contributed by atoms with Gasteiger partial charge in [-0.05, 0) is 17.7 Å². The Bertz CT molecular complexity index is 493. The van der Waals surface area contributed by atoms with E-state index in [9.17, 15) is 4.79 Å². The zero-order chi connectivity index (χ0) is 12.8. The first-order chi connectivity index (χ1) is 8.74. The quantitative estimate of drug-likeness (QED) is 0.866. The lowest BCUT2D eigenvalue weighted by Gasteiger charge is -2.04. The van der Waals surface area contributed by atoms with Crippen LogP contribution in [-0.4, -0.2) is 22.4 Å². The molecule has 0 aliphatic rings. The lowest BCUT2D eigenvalue weighted by Crippen LogP contribution is -2.27. The van der Waals surface area contributed by atoms with Gasteiger partial charge in [0.1, 0.15) is 5.82 Å². The molecule has 1 amide bonds. The van der Waals surface area contributed by atoms with Crippen molar-refractivity contribution in [3.05, 3.63) is 53.1 Å². The highest BCUT2D eigenvalue weighted by molar-refractivity contribution is 6.30. The van der Waals surface area contributed by atoms with Crippen molar-refractivity contribution in [2.45, 2.75) is 12.8 Å². The second kappa shape index (κ2) is 6.21. The Morgan fingerprint density at radius 2 is 2.11 bits per heavy atom. The Morgan fingerprint density at radius 1 is 1.33 bits per heavy atom. The molecule has 0 radical (unpaired) electrons. The van der Waals surface area contributed by atoms with E-state index in [-0.39, 0.29) is 5.91 Å². The Balaban J connectivity index is 1.73. The van der Waals surface area contributed by atoms with Crippen LogP contribution in [0.5, 0.6) is 0 Å². The Morgan fingerprint density at radius 3 is 2.78 bits per heavy atom. The fourth-order valence-corrected chi connectivity index (χ4v) is 1.73. The standard InChI is InChI=1S/C13H14ClN3O/c14-11-3-1-10(2-4-11)9-13(18)17-6-5-12-15-7-8-16-12/h1-4,7-8H,5-6,9H2,(H,15,16)(H,17,18). The summed E-state index contributed by atoms with van der Waals surface area (Å²) in [6.45, 7) is 0.583. The van der Waals surface area contributed by atoms with Crippen LogP contribution in [0.25, 0.3) is 0 Å². The van der Waals surface area contributed by atoms with Crippen LogP contribution in [0.15, 0.2) is 36.7 Å². The number of aromatic amines is 1. The number of rotatable bonds is 5. The molecule has 0 bridgehead atoms. The van der Waals surface area contributed by atoms with E-state index >= 15 is 0 Å². The first-order valence-corrected chi connectivity index (χ1v) is 6.11. The summed E-state index contributed by atoms with van der Waals surface area (Å²) in [6, 6.07) is 7.28. The number of nitrogens with one attached hydrogen (secondary N) is 2. The number of hydrogen-bond acceptors (Lipinski definition) is 2. The van der Waals surface area contributed by atoms with E-state index in [0.717, 1.165) is 11.4 Å². The van der Waals surface area contributed by atoms with Gasteiger partial charge in [-0.3, -0.25) is 4.79 Å². The molecule has 18 heavy (non-hydrogen) atoms. The molecule has 0 atom stereocenters. The molecule has 1 aromatic heterocycles. The minimum Gasteiger partial charge on any atom is -0.355 e. The number of amides is 1. The van der Waals surface area contributed by atoms with Gasteiger partial charge < -0.3 is 10.3 Å². The first-order valence-electron chi connectivity index (χ1n) is 5.73. The highest BCUT2D eigenvalue weighted by atomic mass is 35.5. The fraction of sp³-hybridized carbons (Fsp3) is 0.231. The molecule has 0 saturated carbocycles. The summed E-state index contributed by atoms with van der Waals surface area (Å²) in [5.74, 6) is 0.880. The van der Waals surface area contributed by atoms with E-state index in [1.54, 1.807) is 24.5 Å². The van der Waals surface area contributed by atoms with Gasteiger partial charge in [0.05, 0.1) is 6.42 Å². The summed E-state index contributed by atoms with van der Waals surface area (Å²) in [5, 5.41) is 3.53. The van der Waals surface area contributed by atoms with Gasteiger partial charge in [-0.25, -0.2) is 4.98 Å². The lowest BCUT2D eigenvalue weighted by molar-refractivity contribution is -0.120. The number of hydrogen-bond donors (Lipinski definition) is 2. The van der Waals surface area contributed by atoms with Crippen molar-refractivity contribution >= 4 is 17.5 Å². The van der Waals surface area contributed by atoms with Gasteiger partial charge in [0.25, 0.3) is 0 Å². The molecule has 0 fully saturated rings. The molecule has 0 unspecified atom stereocenters. The van der Waals surface area contributed by atoms with Crippen molar-refractivity contribution in [2.24, 2.45) is 0 Å². The van der Waals surface area contributed by atoms with Crippen LogP contribution in [0.1, 0.15) is 11.4 Å². The fourth-order valence-electron chi connectivity index (χ4n) is 1.61. The number of carbonyl (C=O) groups is 1. The van der Waals surface area contributed by atoms with Crippen LogP contribution in [0.2, 0.25) is 5.02 Å². The Kier molecular flexibility index (Phi) is 4.36. The average Bonchev–Trinajstić information content (AvgIpc) is 2.85. The molecular weight excluding hydrogens is 250 g/mol. The summed E-state index contributed by atoms with van der Waals surface area (Å²) in [5.41, 5.74) is 0.954. The smallest absolute Gasteiger partial charge is 0.224 e. The van der Waals surface area contributed by atoms with Crippen LogP contribution in [0.3, 0.4) is 0 Å². The third kappa shape index (κ3) is 3.89. The highest BCUT2D eigenvalue weighted by Gasteiger charge is 2.03. The van der Waals surface area contributed by atoms with Gasteiger partial charge in [-0.15, -0.1) is 0 Å². The second-order valence-corrected chi connectivity index (χ2v) is 4.38. The predicted molar refractivity (Wildman–Crippen MR) is 70.5 cm³/mol. The van der Waals surface area contributed by atoms with Gasteiger partial charge in [0, 0.05) is 30.4 Å². The topological polar surface area (TPSA) is 57.8 Å². The number of nitrogens with zero attached hydrogens (tertiary/aromatic N) is 1. The number of halogens is 1. The SMILES string of the molecule is O=C(Cc1ccc(Cl)cc1)NCCc1ncc[nH]1. The van der Waals surface area contributed by atoms with Crippen LogP contribution < -0.4 is 5.32 Å². The van der Waals surface area contributed by atoms with Gasteiger partial charge in [-0.2, -0.15) is 0 Å². The summed E-state index contributed by atoms with van der Waals surface area (Å²) < 4.78 is 0. The summed E-state index contributed by atoms with van der Waals surface area (Å²) in [6.07, 6.45) is 4.55. The van der Waals surface area contributed by atoms with Gasteiger partial charge >= 0.3 is 0 Å². The van der Waals surface area contributed by atoms with E-state index in [1.165, 1.54) is 0 Å². The number of carbonyl (C=O) groups excluding carboxylic acids is 1. The molecule has 2 rings (SSSR count). The van der Waals surface area contributed by atoms with Gasteiger partial charge in [0.2, 0.25) is 5.91 Å². The minimum absolute atomic E-state index is 0.00359. The third-order valence-electron chi connectivity index (χ3n) is 2.52. The van der Waals surface area contributed by atoms with E-state index in [0.29, 0.717) is 24.4 Å². The van der Waals surface area contributed by atoms with E-state index in [4.69, 9.17) is 11.6 Å². The van der Waals surface area contributed by atoms with Gasteiger partial charge in [-0.1, -0.05) is 23.7 Å². The van der Waals surface area contributed by atoms with Crippen molar-refractivity contribution < 1.29 is 4.79 Å². The number of aromatic nitrogens is 2. The number of imidazole rings is 1. The summed E-state index contributed by atoms with van der Waals surface area (Å²) in [7, 11) is 0. The van der Waals surface area contributed by atoms with Crippen LogP contribution in [-0.2, 0) is 17.6 Å². The normalized spacial score (nSPS) is 10.3. The van der Waals surface area contributed by atoms with Crippen molar-refractivity contribution in [1.82, 2.24) is 15.3 Å². The van der Waals surface area contributed by atoms with Crippen molar-refractivity contribution in [2.75, 3.05) is 6.54 Å². The highest BCUT2D eigenvalue weighted by Crippen LogP contribution is 2.09. The van der Waals surface area contributed by atoms with Crippen molar-refractivity contribution in [3.63, 3.8) is 0 Å².